The van der Waals surface area contributed by atoms with Crippen molar-refractivity contribution < 1.29 is 9.90 Å². The van der Waals surface area contributed by atoms with Crippen molar-refractivity contribution >= 4 is 17.3 Å². The van der Waals surface area contributed by atoms with Gasteiger partial charge in [-0.1, -0.05) is 44.2 Å². The Labute approximate surface area is 132 Å². The molecule has 0 saturated heterocycles. The van der Waals surface area contributed by atoms with Gasteiger partial charge in [-0.3, -0.25) is 9.79 Å². The predicted molar refractivity (Wildman–Crippen MR) is 91.2 cm³/mol. The Balaban J connectivity index is 2.60. The fourth-order valence-corrected chi connectivity index (χ4v) is 2.80. The van der Waals surface area contributed by atoms with Crippen LogP contribution in [0.25, 0.3) is 5.76 Å². The van der Waals surface area contributed by atoms with E-state index in [1.165, 1.54) is 0 Å². The van der Waals surface area contributed by atoms with Crippen LogP contribution in [0.3, 0.4) is 0 Å². The second-order valence-electron chi connectivity index (χ2n) is 7.76. The molecule has 0 bridgehead atoms. The molecule has 0 unspecified atom stereocenters. The lowest BCUT2D eigenvalue weighted by Crippen LogP contribution is -2.34. The highest BCUT2D eigenvalue weighted by Gasteiger charge is 2.37. The molecule has 1 aromatic carbocycles. The smallest absolute Gasteiger partial charge is 0.168 e. The topological polar surface area (TPSA) is 49.7 Å². The summed E-state index contributed by atoms with van der Waals surface area (Å²) in [4.78, 5) is 17.3. The standard InChI is InChI=1S/C19H25NO2/c1-18(2,3)20-14-11-19(4,5)12-15(21)16(14)17(22)13-9-7-6-8-10-13/h6-10,22H,11-12H2,1-5H3/b17-16+,20-14?. The van der Waals surface area contributed by atoms with Crippen molar-refractivity contribution in [2.45, 2.75) is 53.0 Å². The van der Waals surface area contributed by atoms with Gasteiger partial charge in [-0.15, -0.1) is 0 Å². The van der Waals surface area contributed by atoms with Crippen LogP contribution < -0.4 is 0 Å². The molecular formula is C19H25NO2. The molecule has 3 heteroatoms. The Hall–Kier alpha value is -1.90. The van der Waals surface area contributed by atoms with Crippen molar-refractivity contribution in [3.8, 4) is 0 Å². The number of ketones is 1. The maximum atomic E-state index is 12.6. The van der Waals surface area contributed by atoms with Gasteiger partial charge in [-0.25, -0.2) is 0 Å². The summed E-state index contributed by atoms with van der Waals surface area (Å²) >= 11 is 0. The van der Waals surface area contributed by atoms with Gasteiger partial charge in [0.15, 0.2) is 5.78 Å². The fraction of sp³-hybridized carbons (Fsp3) is 0.474. The Morgan fingerprint density at radius 3 is 2.27 bits per heavy atom. The lowest BCUT2D eigenvalue weighted by molar-refractivity contribution is -0.117. The highest BCUT2D eigenvalue weighted by atomic mass is 16.3. The van der Waals surface area contributed by atoms with E-state index < -0.39 is 0 Å². The molecular weight excluding hydrogens is 274 g/mol. The number of aliphatic imine (C=N–C) groups is 1. The minimum Gasteiger partial charge on any atom is -0.506 e. The Kier molecular flexibility index (Phi) is 4.28. The van der Waals surface area contributed by atoms with Crippen LogP contribution in [0.15, 0.2) is 40.9 Å². The van der Waals surface area contributed by atoms with Crippen LogP contribution in [-0.4, -0.2) is 22.1 Å². The van der Waals surface area contributed by atoms with E-state index in [1.54, 1.807) is 0 Å². The van der Waals surface area contributed by atoms with Gasteiger partial charge in [0.05, 0.1) is 16.8 Å². The van der Waals surface area contributed by atoms with E-state index >= 15 is 0 Å². The molecule has 0 aliphatic heterocycles. The summed E-state index contributed by atoms with van der Waals surface area (Å²) in [5.41, 5.74) is 1.36. The zero-order chi connectivity index (χ0) is 16.5. The van der Waals surface area contributed by atoms with Crippen LogP contribution in [0.5, 0.6) is 0 Å². The Bertz CT molecular complexity index is 631. The largest absolute Gasteiger partial charge is 0.506 e. The van der Waals surface area contributed by atoms with E-state index in [0.29, 0.717) is 24.0 Å². The number of nitrogens with zero attached hydrogens (tertiary/aromatic N) is 1. The van der Waals surface area contributed by atoms with Crippen LogP contribution in [-0.2, 0) is 4.79 Å². The van der Waals surface area contributed by atoms with E-state index in [2.05, 4.69) is 13.8 Å². The zero-order valence-electron chi connectivity index (χ0n) is 14.1. The number of carbonyl (C=O) groups excluding carboxylic acids is 1. The SMILES string of the molecule is CC1(C)CC(=O)/C(=C(/O)c2ccccc2)C(=NC(C)(C)C)C1. The molecule has 1 aliphatic rings. The monoisotopic (exact) mass is 299 g/mol. The second-order valence-corrected chi connectivity index (χ2v) is 7.76. The van der Waals surface area contributed by atoms with Crippen LogP contribution in [0.2, 0.25) is 0 Å². The highest BCUT2D eigenvalue weighted by Crippen LogP contribution is 2.37. The molecule has 22 heavy (non-hydrogen) atoms. The normalized spacial score (nSPS) is 22.8. The van der Waals surface area contributed by atoms with E-state index in [4.69, 9.17) is 4.99 Å². The number of hydrogen-bond acceptors (Lipinski definition) is 3. The molecule has 1 aliphatic carbocycles. The molecule has 1 saturated carbocycles. The summed E-state index contributed by atoms with van der Waals surface area (Å²) in [6, 6.07) is 9.21. The highest BCUT2D eigenvalue weighted by molar-refractivity contribution is 6.28. The first-order chi connectivity index (χ1) is 10.1. The molecule has 3 nitrogen and oxygen atoms in total. The second kappa shape index (κ2) is 5.71. The fourth-order valence-electron chi connectivity index (χ4n) is 2.80. The first kappa shape index (κ1) is 16.5. The Morgan fingerprint density at radius 1 is 1.14 bits per heavy atom. The first-order valence-electron chi connectivity index (χ1n) is 7.70. The number of benzene rings is 1. The van der Waals surface area contributed by atoms with Crippen molar-refractivity contribution in [3.05, 3.63) is 41.5 Å². The van der Waals surface area contributed by atoms with Gasteiger partial charge in [0.2, 0.25) is 0 Å². The van der Waals surface area contributed by atoms with E-state index in [1.807, 2.05) is 51.1 Å². The molecule has 1 N–H and O–H groups in total. The lowest BCUT2D eigenvalue weighted by Gasteiger charge is -2.32. The summed E-state index contributed by atoms with van der Waals surface area (Å²) in [6.07, 6.45) is 1.13. The summed E-state index contributed by atoms with van der Waals surface area (Å²) in [7, 11) is 0. The molecule has 1 aromatic rings. The molecule has 0 radical (unpaired) electrons. The van der Waals surface area contributed by atoms with Crippen LogP contribution in [0, 0.1) is 5.41 Å². The molecule has 0 heterocycles. The van der Waals surface area contributed by atoms with Crippen molar-refractivity contribution in [1.82, 2.24) is 0 Å². The molecule has 0 aromatic heterocycles. The van der Waals surface area contributed by atoms with Crippen LogP contribution >= 0.6 is 0 Å². The van der Waals surface area contributed by atoms with Gasteiger partial charge in [0.1, 0.15) is 5.76 Å². The van der Waals surface area contributed by atoms with Crippen molar-refractivity contribution in [2.24, 2.45) is 10.4 Å². The molecule has 0 spiro atoms. The number of aliphatic hydroxyl groups is 1. The summed E-state index contributed by atoms with van der Waals surface area (Å²) in [5, 5.41) is 10.6. The van der Waals surface area contributed by atoms with Gasteiger partial charge in [-0.2, -0.15) is 0 Å². The van der Waals surface area contributed by atoms with Crippen molar-refractivity contribution in [1.29, 1.82) is 0 Å². The number of hydrogen-bond donors (Lipinski definition) is 1. The minimum atomic E-state index is -0.286. The van der Waals surface area contributed by atoms with E-state index in [9.17, 15) is 9.90 Å². The quantitative estimate of drug-likeness (QED) is 0.609. The third kappa shape index (κ3) is 3.85. The number of rotatable bonds is 1. The molecule has 0 atom stereocenters. The average molecular weight is 299 g/mol. The van der Waals surface area contributed by atoms with Gasteiger partial charge in [0.25, 0.3) is 0 Å². The van der Waals surface area contributed by atoms with Gasteiger partial charge >= 0.3 is 0 Å². The summed E-state index contributed by atoms with van der Waals surface area (Å²) in [5.74, 6) is 0.0182. The maximum absolute atomic E-state index is 12.6. The van der Waals surface area contributed by atoms with Crippen LogP contribution in [0.1, 0.15) is 53.0 Å². The van der Waals surface area contributed by atoms with E-state index in [0.717, 1.165) is 5.71 Å². The number of carbonyl (C=O) groups is 1. The van der Waals surface area contributed by atoms with Gasteiger partial charge in [0, 0.05) is 12.0 Å². The van der Waals surface area contributed by atoms with Crippen molar-refractivity contribution in [3.63, 3.8) is 0 Å². The van der Waals surface area contributed by atoms with Crippen LogP contribution in [0.4, 0.5) is 0 Å². The first-order valence-corrected chi connectivity index (χ1v) is 7.70. The average Bonchev–Trinajstić information content (AvgIpc) is 2.35. The number of aliphatic hydroxyl groups excluding tert-OH is 1. The number of Topliss-reactive ketones (excluding diaryl/α,β-unsaturated/α-hetero) is 1. The Morgan fingerprint density at radius 2 is 1.73 bits per heavy atom. The number of allylic oxidation sites excluding steroid dienone is 1. The summed E-state index contributed by atoms with van der Waals surface area (Å²) < 4.78 is 0. The van der Waals surface area contributed by atoms with E-state index in [-0.39, 0.29) is 22.5 Å². The maximum Gasteiger partial charge on any atom is 0.168 e. The third-order valence-electron chi connectivity index (χ3n) is 3.61. The lowest BCUT2D eigenvalue weighted by atomic mass is 9.72. The zero-order valence-corrected chi connectivity index (χ0v) is 14.1. The molecule has 1 fully saturated rings. The minimum absolute atomic E-state index is 0.0272. The van der Waals surface area contributed by atoms with Gasteiger partial charge in [-0.05, 0) is 32.6 Å². The predicted octanol–water partition coefficient (Wildman–Crippen LogP) is 4.58. The molecule has 2 rings (SSSR count). The molecule has 118 valence electrons. The van der Waals surface area contributed by atoms with Crippen molar-refractivity contribution in [2.75, 3.05) is 0 Å². The molecule has 0 amide bonds. The third-order valence-corrected chi connectivity index (χ3v) is 3.61. The summed E-state index contributed by atoms with van der Waals surface area (Å²) in [6.45, 7) is 10.1. The van der Waals surface area contributed by atoms with Gasteiger partial charge < -0.3 is 5.11 Å².